The number of halogens is 2. The molecule has 6 nitrogen and oxygen atoms in total. The largest absolute Gasteiger partial charge is 0.493 e. The number of amides is 2. The molecule has 2 amide bonds. The number of likely N-dealkylation sites (N-methyl/N-ethyl adjacent to an activating group) is 1. The Bertz CT molecular complexity index is 1070. The van der Waals surface area contributed by atoms with Crippen LogP contribution in [0.4, 0.5) is 5.69 Å². The molecule has 31 heavy (non-hydrogen) atoms. The highest BCUT2D eigenvalue weighted by molar-refractivity contribution is 14.1. The second kappa shape index (κ2) is 9.97. The van der Waals surface area contributed by atoms with Gasteiger partial charge in [-0.05, 0) is 96.7 Å². The molecule has 0 unspecified atom stereocenters. The number of nitrogens with zero attached hydrogens (tertiary/aromatic N) is 2. The van der Waals surface area contributed by atoms with Crippen molar-refractivity contribution in [2.45, 2.75) is 13.8 Å². The van der Waals surface area contributed by atoms with E-state index in [1.807, 2.05) is 13.0 Å². The van der Waals surface area contributed by atoms with E-state index in [1.54, 1.807) is 50.4 Å². The summed E-state index contributed by atoms with van der Waals surface area (Å²) in [6.45, 7) is 4.51. The first-order chi connectivity index (χ1) is 14.8. The predicted octanol–water partition coefficient (Wildman–Crippen LogP) is 4.92. The molecular weight excluding hydrogens is 551 g/mol. The van der Waals surface area contributed by atoms with E-state index in [4.69, 9.17) is 33.3 Å². The number of rotatable bonds is 6. The fourth-order valence-electron chi connectivity index (χ4n) is 3.15. The van der Waals surface area contributed by atoms with Gasteiger partial charge < -0.3 is 9.47 Å². The molecule has 3 rings (SSSR count). The van der Waals surface area contributed by atoms with Gasteiger partial charge in [-0.2, -0.15) is 0 Å². The summed E-state index contributed by atoms with van der Waals surface area (Å²) in [5.41, 5.74) is 1.18. The molecule has 1 heterocycles. The van der Waals surface area contributed by atoms with Crippen molar-refractivity contribution in [3.05, 3.63) is 56.1 Å². The van der Waals surface area contributed by atoms with E-state index < -0.39 is 11.8 Å². The Morgan fingerprint density at radius 1 is 1.13 bits per heavy atom. The molecule has 9 heteroatoms. The number of hydrogen-bond acceptors (Lipinski definition) is 5. The van der Waals surface area contributed by atoms with Gasteiger partial charge in [-0.25, -0.2) is 0 Å². The quantitative estimate of drug-likeness (QED) is 0.214. The summed E-state index contributed by atoms with van der Waals surface area (Å²) in [5, 5.41) is 0.671. The Morgan fingerprint density at radius 3 is 2.39 bits per heavy atom. The van der Waals surface area contributed by atoms with Crippen LogP contribution in [-0.4, -0.2) is 42.1 Å². The van der Waals surface area contributed by atoms with Gasteiger partial charge in [0.2, 0.25) is 0 Å². The summed E-state index contributed by atoms with van der Waals surface area (Å²) in [5.74, 6) is 0.206. The minimum Gasteiger partial charge on any atom is -0.493 e. The summed E-state index contributed by atoms with van der Waals surface area (Å²) in [4.78, 5) is 29.1. The van der Waals surface area contributed by atoms with Crippen LogP contribution in [0.5, 0.6) is 11.5 Å². The maximum Gasteiger partial charge on any atom is 0.270 e. The van der Waals surface area contributed by atoms with E-state index in [0.717, 1.165) is 3.57 Å². The summed E-state index contributed by atoms with van der Waals surface area (Å²) in [6, 6.07) is 10.3. The molecule has 0 saturated carbocycles. The van der Waals surface area contributed by atoms with Gasteiger partial charge in [0.25, 0.3) is 11.8 Å². The highest BCUT2D eigenvalue weighted by Gasteiger charge is 2.39. The lowest BCUT2D eigenvalue weighted by Gasteiger charge is -2.36. The topological polar surface area (TPSA) is 59.1 Å². The molecule has 0 bridgehead atoms. The zero-order chi connectivity index (χ0) is 22.7. The van der Waals surface area contributed by atoms with Crippen molar-refractivity contribution in [1.29, 1.82) is 0 Å². The monoisotopic (exact) mass is 570 g/mol. The van der Waals surface area contributed by atoms with E-state index in [1.165, 1.54) is 9.80 Å². The number of thiocarbonyl (C=S) groups is 1. The van der Waals surface area contributed by atoms with Crippen LogP contribution >= 0.6 is 46.4 Å². The summed E-state index contributed by atoms with van der Waals surface area (Å²) in [6.07, 6.45) is 1.55. The molecule has 0 aromatic heterocycles. The number of carbonyl (C=O) groups is 2. The van der Waals surface area contributed by atoms with Gasteiger partial charge in [0, 0.05) is 11.6 Å². The van der Waals surface area contributed by atoms with Crippen molar-refractivity contribution in [2.24, 2.45) is 0 Å². The molecule has 162 valence electrons. The predicted molar refractivity (Wildman–Crippen MR) is 134 cm³/mol. The fraction of sp³-hybridized carbons (Fsp3) is 0.227. The van der Waals surface area contributed by atoms with Crippen molar-refractivity contribution in [3.63, 3.8) is 0 Å². The molecular formula is C22H20ClIN2O4S. The molecule has 0 spiro atoms. The van der Waals surface area contributed by atoms with Crippen LogP contribution in [0.3, 0.4) is 0 Å². The lowest BCUT2D eigenvalue weighted by atomic mass is 10.1. The molecule has 1 fully saturated rings. The van der Waals surface area contributed by atoms with Crippen LogP contribution in [0.1, 0.15) is 19.4 Å². The number of ether oxygens (including phenoxy) is 2. The van der Waals surface area contributed by atoms with Gasteiger partial charge in [0.05, 0.1) is 23.0 Å². The Hall–Kier alpha value is -2.17. The van der Waals surface area contributed by atoms with E-state index in [9.17, 15) is 9.59 Å². The highest BCUT2D eigenvalue weighted by atomic mass is 127. The average Bonchev–Trinajstić information content (AvgIpc) is 2.74. The number of carbonyl (C=O) groups excluding carboxylic acids is 2. The smallest absolute Gasteiger partial charge is 0.270 e. The first-order valence-electron chi connectivity index (χ1n) is 9.50. The summed E-state index contributed by atoms with van der Waals surface area (Å²) >= 11 is 13.6. The molecule has 0 N–H and O–H groups in total. The minimum atomic E-state index is -0.495. The van der Waals surface area contributed by atoms with Gasteiger partial charge in [-0.15, -0.1) is 0 Å². The maximum atomic E-state index is 13.3. The van der Waals surface area contributed by atoms with Gasteiger partial charge in [0.15, 0.2) is 16.6 Å². The van der Waals surface area contributed by atoms with Gasteiger partial charge in [0.1, 0.15) is 5.57 Å². The third kappa shape index (κ3) is 4.70. The first kappa shape index (κ1) is 23.5. The Morgan fingerprint density at radius 2 is 1.81 bits per heavy atom. The van der Waals surface area contributed by atoms with Crippen molar-refractivity contribution >= 4 is 75.1 Å². The number of methoxy groups -OCH3 is 1. The van der Waals surface area contributed by atoms with E-state index >= 15 is 0 Å². The van der Waals surface area contributed by atoms with Gasteiger partial charge >= 0.3 is 0 Å². The summed E-state index contributed by atoms with van der Waals surface area (Å²) in [7, 11) is 1.54. The Kier molecular flexibility index (Phi) is 7.55. The lowest BCUT2D eigenvalue weighted by molar-refractivity contribution is -0.127. The highest BCUT2D eigenvalue weighted by Crippen LogP contribution is 2.35. The Labute approximate surface area is 204 Å². The second-order valence-electron chi connectivity index (χ2n) is 6.47. The second-order valence-corrected chi connectivity index (χ2v) is 8.44. The maximum absolute atomic E-state index is 13.3. The first-order valence-corrected chi connectivity index (χ1v) is 11.4. The molecule has 1 aliphatic heterocycles. The van der Waals surface area contributed by atoms with Crippen LogP contribution in [0.2, 0.25) is 5.02 Å². The Balaban J connectivity index is 2.10. The molecule has 2 aromatic carbocycles. The zero-order valence-corrected chi connectivity index (χ0v) is 20.9. The van der Waals surface area contributed by atoms with Gasteiger partial charge in [-0.3, -0.25) is 19.4 Å². The number of benzene rings is 2. The minimum absolute atomic E-state index is 0.00686. The van der Waals surface area contributed by atoms with Crippen LogP contribution in [0, 0.1) is 3.57 Å². The number of anilines is 1. The molecule has 2 aromatic rings. The number of hydrogen-bond donors (Lipinski definition) is 0. The van der Waals surface area contributed by atoms with E-state index in [2.05, 4.69) is 22.6 Å². The molecule has 0 aliphatic carbocycles. The fourth-order valence-corrected chi connectivity index (χ4v) is 4.45. The molecule has 0 atom stereocenters. The standard InChI is InChI=1S/C22H20ClIN2O4S/c1-4-25-20(27)16(10-13-11-17(24)19(30-5-2)18(12-13)29-3)21(28)26(22(25)31)15-8-6-14(23)7-9-15/h6-12H,4-5H2,1-3H3/b16-10-. The van der Waals surface area contributed by atoms with Crippen LogP contribution in [0.15, 0.2) is 42.0 Å². The van der Waals surface area contributed by atoms with Crippen molar-refractivity contribution in [3.8, 4) is 11.5 Å². The lowest BCUT2D eigenvalue weighted by Crippen LogP contribution is -2.56. The third-order valence-electron chi connectivity index (χ3n) is 4.58. The van der Waals surface area contributed by atoms with Crippen LogP contribution in [-0.2, 0) is 9.59 Å². The molecule has 1 saturated heterocycles. The van der Waals surface area contributed by atoms with E-state index in [0.29, 0.717) is 40.9 Å². The van der Waals surface area contributed by atoms with Crippen LogP contribution in [0.25, 0.3) is 6.08 Å². The zero-order valence-electron chi connectivity index (χ0n) is 17.1. The van der Waals surface area contributed by atoms with Crippen LogP contribution < -0.4 is 14.4 Å². The van der Waals surface area contributed by atoms with Crippen molar-refractivity contribution in [2.75, 3.05) is 25.2 Å². The van der Waals surface area contributed by atoms with E-state index in [-0.39, 0.29) is 10.7 Å². The van der Waals surface area contributed by atoms with Crippen molar-refractivity contribution < 1.29 is 19.1 Å². The van der Waals surface area contributed by atoms with Crippen molar-refractivity contribution in [1.82, 2.24) is 4.90 Å². The summed E-state index contributed by atoms with van der Waals surface area (Å²) < 4.78 is 11.9. The van der Waals surface area contributed by atoms with Gasteiger partial charge in [-0.1, -0.05) is 11.6 Å². The normalized spacial score (nSPS) is 15.6. The molecule has 0 radical (unpaired) electrons. The molecule has 1 aliphatic rings. The SMILES string of the molecule is CCOc1c(I)cc(/C=C2/C(=O)N(CC)C(=S)N(c3ccc(Cl)cc3)C2=O)cc1OC. The third-order valence-corrected chi connectivity index (χ3v) is 6.04. The average molecular weight is 571 g/mol.